The maximum Gasteiger partial charge on any atom is 0.0406 e. The van der Waals surface area contributed by atoms with Crippen LogP contribution in [0, 0.1) is 0 Å². The molecule has 0 aliphatic rings. The highest BCUT2D eigenvalue weighted by Crippen LogP contribution is 2.04. The first-order valence-corrected chi connectivity index (χ1v) is 4.50. The fraction of sp³-hybridized carbons (Fsp3) is 0.500. The van der Waals surface area contributed by atoms with Crippen molar-refractivity contribution in [3.63, 3.8) is 0 Å². The molecule has 2 heteroatoms. The van der Waals surface area contributed by atoms with Gasteiger partial charge < -0.3 is 5.73 Å². The van der Waals surface area contributed by atoms with Gasteiger partial charge in [-0.05, 0) is 43.5 Å². The number of hydrogen-bond donors (Lipinski definition) is 1. The standard InChI is InChI=1S/C10H16N2/c1-2-9-5-7-12-10(8-9)4-3-6-11/h5,7-8H,2-4,6,11H2,1H3. The molecule has 0 spiro atoms. The van der Waals surface area contributed by atoms with E-state index in [1.165, 1.54) is 11.3 Å². The van der Waals surface area contributed by atoms with Gasteiger partial charge in [0.05, 0.1) is 0 Å². The Balaban J connectivity index is 2.60. The van der Waals surface area contributed by atoms with Crippen molar-refractivity contribution in [2.24, 2.45) is 5.73 Å². The minimum absolute atomic E-state index is 0.748. The van der Waals surface area contributed by atoms with E-state index in [0.29, 0.717) is 0 Å². The Kier molecular flexibility index (Phi) is 3.74. The summed E-state index contributed by atoms with van der Waals surface area (Å²) in [5.74, 6) is 0. The summed E-state index contributed by atoms with van der Waals surface area (Å²) in [7, 11) is 0. The number of nitrogens with zero attached hydrogens (tertiary/aromatic N) is 1. The molecule has 1 heterocycles. The van der Waals surface area contributed by atoms with Crippen LogP contribution in [0.15, 0.2) is 18.3 Å². The van der Waals surface area contributed by atoms with Crippen molar-refractivity contribution in [3.05, 3.63) is 29.6 Å². The average molecular weight is 164 g/mol. The van der Waals surface area contributed by atoms with Crippen LogP contribution in [0.2, 0.25) is 0 Å². The van der Waals surface area contributed by atoms with Gasteiger partial charge in [0, 0.05) is 11.9 Å². The Labute approximate surface area is 73.8 Å². The van der Waals surface area contributed by atoms with Crippen LogP contribution in [-0.2, 0) is 12.8 Å². The van der Waals surface area contributed by atoms with E-state index in [0.717, 1.165) is 25.8 Å². The van der Waals surface area contributed by atoms with Crippen LogP contribution in [0.4, 0.5) is 0 Å². The number of hydrogen-bond acceptors (Lipinski definition) is 2. The zero-order valence-corrected chi connectivity index (χ0v) is 7.59. The summed E-state index contributed by atoms with van der Waals surface area (Å²) in [6, 6.07) is 4.22. The molecule has 0 saturated carbocycles. The van der Waals surface area contributed by atoms with Gasteiger partial charge in [0.2, 0.25) is 0 Å². The third-order valence-electron chi connectivity index (χ3n) is 1.93. The molecular formula is C10H16N2. The minimum atomic E-state index is 0.748. The molecule has 0 atom stereocenters. The van der Waals surface area contributed by atoms with Gasteiger partial charge in [0.25, 0.3) is 0 Å². The molecule has 0 saturated heterocycles. The van der Waals surface area contributed by atoms with Crippen LogP contribution in [0.3, 0.4) is 0 Å². The fourth-order valence-corrected chi connectivity index (χ4v) is 1.17. The minimum Gasteiger partial charge on any atom is -0.330 e. The van der Waals surface area contributed by atoms with Crippen molar-refractivity contribution in [3.8, 4) is 0 Å². The van der Waals surface area contributed by atoms with Crippen molar-refractivity contribution < 1.29 is 0 Å². The van der Waals surface area contributed by atoms with Gasteiger partial charge in [-0.15, -0.1) is 0 Å². The van der Waals surface area contributed by atoms with Crippen LogP contribution in [0.1, 0.15) is 24.6 Å². The molecule has 0 fully saturated rings. The Morgan fingerprint density at radius 1 is 1.50 bits per heavy atom. The first-order chi connectivity index (χ1) is 5.86. The first-order valence-electron chi connectivity index (χ1n) is 4.50. The van der Waals surface area contributed by atoms with E-state index in [1.54, 1.807) is 0 Å². The van der Waals surface area contributed by atoms with Gasteiger partial charge in [-0.3, -0.25) is 4.98 Å². The number of nitrogens with two attached hydrogens (primary N) is 1. The Hall–Kier alpha value is -0.890. The molecule has 0 amide bonds. The predicted octanol–water partition coefficient (Wildman–Crippen LogP) is 1.54. The number of aryl methyl sites for hydroxylation is 2. The maximum atomic E-state index is 5.42. The molecule has 66 valence electrons. The monoisotopic (exact) mass is 164 g/mol. The lowest BCUT2D eigenvalue weighted by Crippen LogP contribution is -2.01. The molecule has 0 aromatic carbocycles. The summed E-state index contributed by atoms with van der Waals surface area (Å²) >= 11 is 0. The van der Waals surface area contributed by atoms with E-state index in [2.05, 4.69) is 24.0 Å². The van der Waals surface area contributed by atoms with E-state index in [4.69, 9.17) is 5.73 Å². The molecule has 1 rings (SSSR count). The van der Waals surface area contributed by atoms with Gasteiger partial charge in [-0.2, -0.15) is 0 Å². The Bertz CT molecular complexity index is 233. The van der Waals surface area contributed by atoms with Gasteiger partial charge in [-0.1, -0.05) is 6.92 Å². The van der Waals surface area contributed by atoms with Crippen molar-refractivity contribution in [1.29, 1.82) is 0 Å². The quantitative estimate of drug-likeness (QED) is 0.733. The van der Waals surface area contributed by atoms with Crippen molar-refractivity contribution in [2.45, 2.75) is 26.2 Å². The van der Waals surface area contributed by atoms with E-state index >= 15 is 0 Å². The molecule has 12 heavy (non-hydrogen) atoms. The van der Waals surface area contributed by atoms with E-state index < -0.39 is 0 Å². The van der Waals surface area contributed by atoms with Crippen LogP contribution in [0.5, 0.6) is 0 Å². The second-order valence-corrected chi connectivity index (χ2v) is 2.90. The summed E-state index contributed by atoms with van der Waals surface area (Å²) in [6.07, 6.45) is 4.99. The molecule has 0 bridgehead atoms. The molecule has 1 aromatic rings. The molecule has 0 aliphatic heterocycles. The molecule has 1 aromatic heterocycles. The molecule has 0 aliphatic carbocycles. The Morgan fingerprint density at radius 2 is 2.33 bits per heavy atom. The highest BCUT2D eigenvalue weighted by atomic mass is 14.7. The fourth-order valence-electron chi connectivity index (χ4n) is 1.17. The molecular weight excluding hydrogens is 148 g/mol. The first kappa shape index (κ1) is 9.20. The summed E-state index contributed by atoms with van der Waals surface area (Å²) in [5, 5.41) is 0. The smallest absolute Gasteiger partial charge is 0.0406 e. The van der Waals surface area contributed by atoms with Crippen LogP contribution < -0.4 is 5.73 Å². The van der Waals surface area contributed by atoms with Gasteiger partial charge >= 0.3 is 0 Å². The topological polar surface area (TPSA) is 38.9 Å². The molecule has 0 unspecified atom stereocenters. The lowest BCUT2D eigenvalue weighted by molar-refractivity contribution is 0.808. The number of aromatic nitrogens is 1. The normalized spacial score (nSPS) is 10.2. The van der Waals surface area contributed by atoms with Crippen molar-refractivity contribution >= 4 is 0 Å². The zero-order chi connectivity index (χ0) is 8.81. The molecule has 0 radical (unpaired) electrons. The van der Waals surface area contributed by atoms with Gasteiger partial charge in [0.1, 0.15) is 0 Å². The number of rotatable bonds is 4. The van der Waals surface area contributed by atoms with E-state index in [-0.39, 0.29) is 0 Å². The molecule has 2 nitrogen and oxygen atoms in total. The van der Waals surface area contributed by atoms with E-state index in [1.807, 2.05) is 6.20 Å². The summed E-state index contributed by atoms with van der Waals surface area (Å²) < 4.78 is 0. The van der Waals surface area contributed by atoms with Crippen LogP contribution in [0.25, 0.3) is 0 Å². The summed E-state index contributed by atoms with van der Waals surface area (Å²) in [4.78, 5) is 4.27. The highest BCUT2D eigenvalue weighted by molar-refractivity contribution is 5.16. The third kappa shape index (κ3) is 2.62. The molecule has 2 N–H and O–H groups in total. The summed E-state index contributed by atoms with van der Waals surface area (Å²) in [5.41, 5.74) is 7.94. The lowest BCUT2D eigenvalue weighted by Gasteiger charge is -2.00. The van der Waals surface area contributed by atoms with Crippen molar-refractivity contribution in [2.75, 3.05) is 6.54 Å². The van der Waals surface area contributed by atoms with Crippen molar-refractivity contribution in [1.82, 2.24) is 4.98 Å². The van der Waals surface area contributed by atoms with Crippen LogP contribution >= 0.6 is 0 Å². The predicted molar refractivity (Wildman–Crippen MR) is 51.0 cm³/mol. The third-order valence-corrected chi connectivity index (χ3v) is 1.93. The van der Waals surface area contributed by atoms with Gasteiger partial charge in [-0.25, -0.2) is 0 Å². The highest BCUT2D eigenvalue weighted by Gasteiger charge is 1.94. The summed E-state index contributed by atoms with van der Waals surface area (Å²) in [6.45, 7) is 2.90. The van der Waals surface area contributed by atoms with E-state index in [9.17, 15) is 0 Å². The average Bonchev–Trinajstić information content (AvgIpc) is 2.15. The van der Waals surface area contributed by atoms with Crippen LogP contribution in [-0.4, -0.2) is 11.5 Å². The zero-order valence-electron chi connectivity index (χ0n) is 7.59. The second kappa shape index (κ2) is 4.88. The second-order valence-electron chi connectivity index (χ2n) is 2.90. The lowest BCUT2D eigenvalue weighted by atomic mass is 10.1. The Morgan fingerprint density at radius 3 is 3.00 bits per heavy atom. The number of pyridine rings is 1. The SMILES string of the molecule is CCc1ccnc(CCCN)c1. The largest absolute Gasteiger partial charge is 0.330 e. The van der Waals surface area contributed by atoms with Gasteiger partial charge in [0.15, 0.2) is 0 Å². The maximum absolute atomic E-state index is 5.42.